The third-order valence-corrected chi connectivity index (χ3v) is 3.91. The van der Waals surface area contributed by atoms with Crippen molar-refractivity contribution in [2.45, 2.75) is 45.6 Å². The molecule has 0 saturated heterocycles. The molecule has 0 bridgehead atoms. The van der Waals surface area contributed by atoms with E-state index < -0.39 is 6.10 Å². The van der Waals surface area contributed by atoms with E-state index in [1.807, 2.05) is 0 Å². The molecule has 1 atom stereocenters. The minimum absolute atomic E-state index is 0.0215. The normalized spacial score (nSPS) is 12.1. The predicted molar refractivity (Wildman–Crippen MR) is 90.8 cm³/mol. The summed E-state index contributed by atoms with van der Waals surface area (Å²) >= 11 is 0. The van der Waals surface area contributed by atoms with Gasteiger partial charge in [-0.1, -0.05) is 32.8 Å². The second kappa shape index (κ2) is 10.1. The van der Waals surface area contributed by atoms with Crippen LogP contribution < -0.4 is 14.8 Å². The Morgan fingerprint density at radius 2 is 1.74 bits per heavy atom. The van der Waals surface area contributed by atoms with E-state index in [1.165, 1.54) is 0 Å². The number of aliphatic hydroxyl groups is 1. The Kier molecular flexibility index (Phi) is 8.48. The van der Waals surface area contributed by atoms with Crippen LogP contribution in [0.25, 0.3) is 0 Å². The summed E-state index contributed by atoms with van der Waals surface area (Å²) in [6.45, 7) is 4.35. The highest BCUT2D eigenvalue weighted by Crippen LogP contribution is 2.29. The van der Waals surface area contributed by atoms with Crippen LogP contribution in [-0.4, -0.2) is 31.8 Å². The van der Waals surface area contributed by atoms with E-state index in [4.69, 9.17) is 9.47 Å². The van der Waals surface area contributed by atoms with Crippen molar-refractivity contribution in [3.05, 3.63) is 23.8 Å². The van der Waals surface area contributed by atoms with Crippen LogP contribution in [0, 0.1) is 5.92 Å². The summed E-state index contributed by atoms with van der Waals surface area (Å²) in [5.74, 6) is 1.22. The van der Waals surface area contributed by atoms with Gasteiger partial charge in [0.05, 0.1) is 20.3 Å². The number of benzene rings is 1. The van der Waals surface area contributed by atoms with Crippen LogP contribution in [-0.2, 0) is 4.79 Å². The van der Waals surface area contributed by atoms with E-state index in [9.17, 15) is 9.90 Å². The lowest BCUT2D eigenvalue weighted by atomic mass is 9.97. The summed E-state index contributed by atoms with van der Waals surface area (Å²) < 4.78 is 10.4. The van der Waals surface area contributed by atoms with Crippen LogP contribution >= 0.6 is 0 Å². The topological polar surface area (TPSA) is 67.8 Å². The van der Waals surface area contributed by atoms with Gasteiger partial charge < -0.3 is 19.9 Å². The highest BCUT2D eigenvalue weighted by Gasteiger charge is 2.18. The van der Waals surface area contributed by atoms with Gasteiger partial charge in [-0.3, -0.25) is 4.79 Å². The standard InChI is InChI=1S/C18H29NO4/c1-5-7-13(8-6-2)18(21)19-12-15(20)14-9-10-16(22-3)17(11-14)23-4/h9-11,13,15,20H,5-8,12H2,1-4H3,(H,19,21). The number of rotatable bonds is 10. The summed E-state index contributed by atoms with van der Waals surface area (Å²) in [6, 6.07) is 5.25. The Balaban J connectivity index is 2.65. The van der Waals surface area contributed by atoms with E-state index in [1.54, 1.807) is 32.4 Å². The number of methoxy groups -OCH3 is 2. The molecule has 2 N–H and O–H groups in total. The number of amides is 1. The SMILES string of the molecule is CCCC(CCC)C(=O)NCC(O)c1ccc(OC)c(OC)c1. The molecule has 0 aliphatic heterocycles. The number of hydrogen-bond donors (Lipinski definition) is 2. The van der Waals surface area contributed by atoms with Crippen LogP contribution in [0.15, 0.2) is 18.2 Å². The van der Waals surface area contributed by atoms with Crippen molar-refractivity contribution in [3.8, 4) is 11.5 Å². The van der Waals surface area contributed by atoms with Crippen molar-refractivity contribution in [2.24, 2.45) is 5.92 Å². The maximum absolute atomic E-state index is 12.2. The molecule has 1 unspecified atom stereocenters. The molecule has 0 aliphatic carbocycles. The summed E-state index contributed by atoms with van der Waals surface area (Å²) in [6.07, 6.45) is 2.95. The van der Waals surface area contributed by atoms with Crippen LogP contribution in [0.4, 0.5) is 0 Å². The van der Waals surface area contributed by atoms with Gasteiger partial charge in [-0.15, -0.1) is 0 Å². The molecule has 23 heavy (non-hydrogen) atoms. The lowest BCUT2D eigenvalue weighted by Crippen LogP contribution is -2.33. The highest BCUT2D eigenvalue weighted by atomic mass is 16.5. The van der Waals surface area contributed by atoms with E-state index >= 15 is 0 Å². The molecular formula is C18H29NO4. The van der Waals surface area contributed by atoms with Gasteiger partial charge in [0.15, 0.2) is 11.5 Å². The van der Waals surface area contributed by atoms with Gasteiger partial charge in [0.2, 0.25) is 5.91 Å². The second-order valence-electron chi connectivity index (χ2n) is 5.65. The van der Waals surface area contributed by atoms with Gasteiger partial charge in [-0.2, -0.15) is 0 Å². The fourth-order valence-electron chi connectivity index (χ4n) is 2.62. The smallest absolute Gasteiger partial charge is 0.223 e. The molecule has 1 aromatic rings. The van der Waals surface area contributed by atoms with Crippen molar-refractivity contribution in [2.75, 3.05) is 20.8 Å². The molecule has 0 aromatic heterocycles. The molecule has 0 aliphatic rings. The second-order valence-corrected chi connectivity index (χ2v) is 5.65. The summed E-state index contributed by atoms with van der Waals surface area (Å²) in [7, 11) is 3.12. The zero-order valence-electron chi connectivity index (χ0n) is 14.6. The zero-order chi connectivity index (χ0) is 17.2. The Hall–Kier alpha value is -1.75. The summed E-state index contributed by atoms with van der Waals surface area (Å²) in [5.41, 5.74) is 0.686. The molecule has 1 amide bonds. The first-order chi connectivity index (χ1) is 11.1. The number of carbonyl (C=O) groups excluding carboxylic acids is 1. The average molecular weight is 323 g/mol. The molecule has 0 spiro atoms. The van der Waals surface area contributed by atoms with Crippen LogP contribution in [0.3, 0.4) is 0 Å². The summed E-state index contributed by atoms with van der Waals surface area (Å²) in [4.78, 5) is 12.2. The van der Waals surface area contributed by atoms with E-state index in [0.29, 0.717) is 17.1 Å². The minimum Gasteiger partial charge on any atom is -0.493 e. The molecule has 0 heterocycles. The first-order valence-corrected chi connectivity index (χ1v) is 8.24. The number of ether oxygens (including phenoxy) is 2. The van der Waals surface area contributed by atoms with Crippen LogP contribution in [0.1, 0.15) is 51.2 Å². The lowest BCUT2D eigenvalue weighted by Gasteiger charge is -2.18. The molecule has 0 radical (unpaired) electrons. The number of nitrogens with one attached hydrogen (secondary N) is 1. The van der Waals surface area contributed by atoms with Gasteiger partial charge in [0.1, 0.15) is 0 Å². The van der Waals surface area contributed by atoms with Gasteiger partial charge in [-0.05, 0) is 30.5 Å². The first kappa shape index (κ1) is 19.3. The van der Waals surface area contributed by atoms with Crippen molar-refractivity contribution < 1.29 is 19.4 Å². The van der Waals surface area contributed by atoms with Crippen molar-refractivity contribution in [3.63, 3.8) is 0 Å². The maximum Gasteiger partial charge on any atom is 0.223 e. The zero-order valence-corrected chi connectivity index (χ0v) is 14.6. The van der Waals surface area contributed by atoms with E-state index in [2.05, 4.69) is 19.2 Å². The summed E-state index contributed by atoms with van der Waals surface area (Å²) in [5, 5.41) is 13.1. The Morgan fingerprint density at radius 3 is 2.26 bits per heavy atom. The third kappa shape index (κ3) is 5.75. The lowest BCUT2D eigenvalue weighted by molar-refractivity contribution is -0.125. The van der Waals surface area contributed by atoms with Gasteiger partial charge in [0.25, 0.3) is 0 Å². The quantitative estimate of drug-likeness (QED) is 0.694. The van der Waals surface area contributed by atoms with Gasteiger partial charge >= 0.3 is 0 Å². The largest absolute Gasteiger partial charge is 0.493 e. The molecule has 1 aromatic carbocycles. The Bertz CT molecular complexity index is 484. The van der Waals surface area contributed by atoms with Gasteiger partial charge in [0, 0.05) is 12.5 Å². The third-order valence-electron chi connectivity index (χ3n) is 3.91. The van der Waals surface area contributed by atoms with Gasteiger partial charge in [-0.25, -0.2) is 0 Å². The average Bonchev–Trinajstić information content (AvgIpc) is 2.58. The fraction of sp³-hybridized carbons (Fsp3) is 0.611. The molecule has 0 saturated carbocycles. The number of aliphatic hydroxyl groups excluding tert-OH is 1. The molecule has 5 nitrogen and oxygen atoms in total. The number of carbonyl (C=O) groups is 1. The van der Waals surface area contributed by atoms with E-state index in [0.717, 1.165) is 25.7 Å². The molecule has 0 fully saturated rings. The molecular weight excluding hydrogens is 294 g/mol. The molecule has 130 valence electrons. The molecule has 1 rings (SSSR count). The fourth-order valence-corrected chi connectivity index (χ4v) is 2.62. The van der Waals surface area contributed by atoms with Crippen molar-refractivity contribution >= 4 is 5.91 Å². The predicted octanol–water partition coefficient (Wildman–Crippen LogP) is 3.07. The Labute approximate surface area is 139 Å². The monoisotopic (exact) mass is 323 g/mol. The van der Waals surface area contributed by atoms with Crippen molar-refractivity contribution in [1.29, 1.82) is 0 Å². The highest BCUT2D eigenvalue weighted by molar-refractivity contribution is 5.78. The molecule has 5 heteroatoms. The Morgan fingerprint density at radius 1 is 1.13 bits per heavy atom. The van der Waals surface area contributed by atoms with Crippen molar-refractivity contribution in [1.82, 2.24) is 5.32 Å². The maximum atomic E-state index is 12.2. The van der Waals surface area contributed by atoms with Crippen LogP contribution in [0.5, 0.6) is 11.5 Å². The van der Waals surface area contributed by atoms with Crippen LogP contribution in [0.2, 0.25) is 0 Å². The number of hydrogen-bond acceptors (Lipinski definition) is 4. The van der Waals surface area contributed by atoms with E-state index in [-0.39, 0.29) is 18.4 Å². The minimum atomic E-state index is -0.775. The first-order valence-electron chi connectivity index (χ1n) is 8.24.